The van der Waals surface area contributed by atoms with Crippen molar-refractivity contribution in [1.82, 2.24) is 0 Å². The van der Waals surface area contributed by atoms with E-state index in [4.69, 9.17) is 18.9 Å². The quantitative estimate of drug-likeness (QED) is 0.232. The molecule has 4 aromatic rings. The molecule has 5 heteroatoms. The van der Waals surface area contributed by atoms with E-state index in [2.05, 4.69) is 0 Å². The van der Waals surface area contributed by atoms with Crippen LogP contribution < -0.4 is 14.2 Å². The summed E-state index contributed by atoms with van der Waals surface area (Å²) in [4.78, 5) is 12.8. The van der Waals surface area contributed by atoms with E-state index in [0.717, 1.165) is 16.7 Å². The summed E-state index contributed by atoms with van der Waals surface area (Å²) in [7, 11) is 0. The molecular weight excluding hydrogens is 440 g/mol. The molecule has 178 valence electrons. The summed E-state index contributed by atoms with van der Waals surface area (Å²) in [6.45, 7) is 2.92. The number of hydrogen-bond donors (Lipinski definition) is 0. The van der Waals surface area contributed by atoms with Crippen molar-refractivity contribution in [3.63, 3.8) is 0 Å². The van der Waals surface area contributed by atoms with E-state index < -0.39 is 5.97 Å². The Labute approximate surface area is 205 Å². The highest BCUT2D eigenvalue weighted by Gasteiger charge is 2.23. The highest BCUT2D eigenvalue weighted by Crippen LogP contribution is 2.42. The molecule has 0 unspecified atom stereocenters. The normalized spacial score (nSPS) is 10.4. The molecule has 0 N–H and O–H groups in total. The Balaban J connectivity index is 1.69. The Hall–Kier alpha value is -4.25. The second-order valence-electron chi connectivity index (χ2n) is 7.81. The third-order valence-electron chi connectivity index (χ3n) is 5.26. The Morgan fingerprint density at radius 1 is 0.571 bits per heavy atom. The monoisotopic (exact) mass is 468 g/mol. The number of carbonyl (C=O) groups excluding carboxylic acids is 1. The van der Waals surface area contributed by atoms with Crippen molar-refractivity contribution < 1.29 is 23.7 Å². The highest BCUT2D eigenvalue weighted by atomic mass is 16.6. The maximum Gasteiger partial charge on any atom is 0.342 e. The molecule has 0 bridgehead atoms. The van der Waals surface area contributed by atoms with Crippen LogP contribution in [-0.4, -0.2) is 12.6 Å². The van der Waals surface area contributed by atoms with Gasteiger partial charge < -0.3 is 18.9 Å². The van der Waals surface area contributed by atoms with E-state index in [1.165, 1.54) is 0 Å². The molecule has 0 saturated heterocycles. The fraction of sp³-hybridized carbons (Fsp3) is 0.167. The number of hydrogen-bond acceptors (Lipinski definition) is 5. The predicted molar refractivity (Wildman–Crippen MR) is 135 cm³/mol. The van der Waals surface area contributed by atoms with Crippen LogP contribution in [0.5, 0.6) is 17.2 Å². The molecule has 4 rings (SSSR count). The third-order valence-corrected chi connectivity index (χ3v) is 5.26. The van der Waals surface area contributed by atoms with Gasteiger partial charge in [-0.1, -0.05) is 91.0 Å². The largest absolute Gasteiger partial charge is 0.485 e. The zero-order valence-electron chi connectivity index (χ0n) is 19.7. The van der Waals surface area contributed by atoms with Crippen molar-refractivity contribution in [2.45, 2.75) is 26.7 Å². The van der Waals surface area contributed by atoms with E-state index >= 15 is 0 Å². The van der Waals surface area contributed by atoms with Crippen LogP contribution in [0, 0.1) is 0 Å². The van der Waals surface area contributed by atoms with Gasteiger partial charge in [0.25, 0.3) is 0 Å². The second-order valence-corrected chi connectivity index (χ2v) is 7.81. The minimum Gasteiger partial charge on any atom is -0.485 e. The Bertz CT molecular complexity index is 1210. The van der Waals surface area contributed by atoms with Crippen molar-refractivity contribution >= 4 is 5.97 Å². The average Bonchev–Trinajstić information content (AvgIpc) is 2.91. The van der Waals surface area contributed by atoms with Gasteiger partial charge in [0.1, 0.15) is 25.4 Å². The van der Waals surface area contributed by atoms with Gasteiger partial charge in [-0.3, -0.25) is 0 Å². The van der Waals surface area contributed by atoms with Crippen LogP contribution in [0.15, 0.2) is 103 Å². The number of benzene rings is 4. The standard InChI is InChI=1S/C30H28O5/c1-2-32-30(31)26-18-19-27(33-20-23-12-6-3-7-13-23)29(35-22-25-16-10-5-11-17-25)28(26)34-21-24-14-8-4-9-15-24/h3-19H,2,20-22H2,1H3. The van der Waals surface area contributed by atoms with Crippen LogP contribution in [0.25, 0.3) is 0 Å². The zero-order chi connectivity index (χ0) is 24.3. The van der Waals surface area contributed by atoms with Gasteiger partial charge >= 0.3 is 5.97 Å². The summed E-state index contributed by atoms with van der Waals surface area (Å²) < 4.78 is 23.9. The topological polar surface area (TPSA) is 54.0 Å². The lowest BCUT2D eigenvalue weighted by atomic mass is 10.1. The summed E-state index contributed by atoms with van der Waals surface area (Å²) in [5.74, 6) is 0.677. The first-order valence-electron chi connectivity index (χ1n) is 11.6. The van der Waals surface area contributed by atoms with Gasteiger partial charge in [-0.05, 0) is 35.7 Å². The summed E-state index contributed by atoms with van der Waals surface area (Å²) in [5, 5.41) is 0. The number of carbonyl (C=O) groups is 1. The van der Waals surface area contributed by atoms with Gasteiger partial charge in [0, 0.05) is 0 Å². The first-order valence-corrected chi connectivity index (χ1v) is 11.6. The first kappa shape index (κ1) is 23.9. The molecule has 0 atom stereocenters. The smallest absolute Gasteiger partial charge is 0.342 e. The molecule has 4 aromatic carbocycles. The lowest BCUT2D eigenvalue weighted by Crippen LogP contribution is -2.11. The molecule has 0 heterocycles. The molecule has 0 aliphatic heterocycles. The van der Waals surface area contributed by atoms with Crippen molar-refractivity contribution in [2.24, 2.45) is 0 Å². The number of rotatable bonds is 11. The lowest BCUT2D eigenvalue weighted by Gasteiger charge is -2.19. The average molecular weight is 469 g/mol. The maximum atomic E-state index is 12.8. The lowest BCUT2D eigenvalue weighted by molar-refractivity contribution is 0.0519. The van der Waals surface area contributed by atoms with E-state index in [9.17, 15) is 4.79 Å². The molecule has 0 spiro atoms. The fourth-order valence-electron chi connectivity index (χ4n) is 3.50. The van der Waals surface area contributed by atoms with Crippen LogP contribution in [0.3, 0.4) is 0 Å². The van der Waals surface area contributed by atoms with E-state index in [-0.39, 0.29) is 25.4 Å². The van der Waals surface area contributed by atoms with E-state index in [0.29, 0.717) is 23.9 Å². The van der Waals surface area contributed by atoms with Crippen LogP contribution >= 0.6 is 0 Å². The van der Waals surface area contributed by atoms with E-state index in [1.54, 1.807) is 19.1 Å². The summed E-state index contributed by atoms with van der Waals surface area (Å²) in [6, 6.07) is 32.8. The molecule has 0 radical (unpaired) electrons. The molecular formula is C30H28O5. The van der Waals surface area contributed by atoms with Crippen LogP contribution in [0.1, 0.15) is 34.0 Å². The summed E-state index contributed by atoms with van der Waals surface area (Å²) >= 11 is 0. The SMILES string of the molecule is CCOC(=O)c1ccc(OCc2ccccc2)c(OCc2ccccc2)c1OCc1ccccc1. The zero-order valence-corrected chi connectivity index (χ0v) is 19.7. The highest BCUT2D eigenvalue weighted by molar-refractivity contribution is 5.94. The van der Waals surface area contributed by atoms with Crippen molar-refractivity contribution in [2.75, 3.05) is 6.61 Å². The van der Waals surface area contributed by atoms with Crippen molar-refractivity contribution in [3.05, 3.63) is 125 Å². The first-order chi connectivity index (χ1) is 17.2. The van der Waals surface area contributed by atoms with Gasteiger partial charge in [-0.25, -0.2) is 4.79 Å². The molecule has 35 heavy (non-hydrogen) atoms. The van der Waals surface area contributed by atoms with Crippen LogP contribution in [0.4, 0.5) is 0 Å². The van der Waals surface area contributed by atoms with Crippen molar-refractivity contribution in [1.29, 1.82) is 0 Å². The maximum absolute atomic E-state index is 12.8. The minimum absolute atomic E-state index is 0.253. The minimum atomic E-state index is -0.477. The van der Waals surface area contributed by atoms with Gasteiger partial charge in [0.2, 0.25) is 5.75 Å². The van der Waals surface area contributed by atoms with Gasteiger partial charge in [0.05, 0.1) is 6.61 Å². The van der Waals surface area contributed by atoms with Gasteiger partial charge in [-0.15, -0.1) is 0 Å². The summed E-state index contributed by atoms with van der Waals surface area (Å²) in [5.41, 5.74) is 3.25. The van der Waals surface area contributed by atoms with E-state index in [1.807, 2.05) is 91.0 Å². The van der Waals surface area contributed by atoms with Gasteiger partial charge in [0.15, 0.2) is 11.5 Å². The molecule has 0 saturated carbocycles. The van der Waals surface area contributed by atoms with Crippen LogP contribution in [0.2, 0.25) is 0 Å². The van der Waals surface area contributed by atoms with Crippen molar-refractivity contribution in [3.8, 4) is 17.2 Å². The molecule has 0 aliphatic carbocycles. The third kappa shape index (κ3) is 6.64. The molecule has 0 amide bonds. The second kappa shape index (κ2) is 12.3. The number of ether oxygens (including phenoxy) is 4. The molecule has 5 nitrogen and oxygen atoms in total. The Morgan fingerprint density at radius 3 is 1.51 bits per heavy atom. The van der Waals surface area contributed by atoms with Gasteiger partial charge in [-0.2, -0.15) is 0 Å². The molecule has 0 aliphatic rings. The number of esters is 1. The molecule has 0 fully saturated rings. The van der Waals surface area contributed by atoms with Crippen LogP contribution in [-0.2, 0) is 24.6 Å². The predicted octanol–water partition coefficient (Wildman–Crippen LogP) is 6.60. The fourth-order valence-corrected chi connectivity index (χ4v) is 3.50. The Kier molecular flexibility index (Phi) is 8.38. The summed E-state index contributed by atoms with van der Waals surface area (Å²) in [6.07, 6.45) is 0. The molecule has 0 aromatic heterocycles. The Morgan fingerprint density at radius 2 is 1.03 bits per heavy atom.